The van der Waals surface area contributed by atoms with Crippen LogP contribution in [0.1, 0.15) is 17.5 Å². The molecule has 2 aromatic rings. The molecule has 1 saturated heterocycles. The number of phosphoric ester groups is 1. The molecule has 0 amide bonds. The standard InChI is InChI=1S/C19H19O6PS.Na/c1-22-16-7-4-6-15-17(25-26(20,21)24-14-9-10-23-12-14)11-13-5-2-3-8-18(13)27-19(15)16;/h2-8,11,14H,9-10,12H2,1H3,(H,20,21);/q;+1/p-1. The maximum atomic E-state index is 12.5. The fourth-order valence-electron chi connectivity index (χ4n) is 2.99. The van der Waals surface area contributed by atoms with E-state index in [0.29, 0.717) is 24.3 Å². The van der Waals surface area contributed by atoms with Crippen molar-refractivity contribution >= 4 is 31.4 Å². The predicted octanol–water partition coefficient (Wildman–Crippen LogP) is 0.952. The van der Waals surface area contributed by atoms with Gasteiger partial charge in [0.15, 0.2) is 0 Å². The Morgan fingerprint density at radius 3 is 2.79 bits per heavy atom. The number of phosphoric acid groups is 1. The molecule has 0 N–H and O–H groups in total. The van der Waals surface area contributed by atoms with Gasteiger partial charge in [0.2, 0.25) is 0 Å². The number of benzene rings is 2. The summed E-state index contributed by atoms with van der Waals surface area (Å²) in [6, 6.07) is 13.1. The van der Waals surface area contributed by atoms with Crippen LogP contribution in [0.2, 0.25) is 0 Å². The Hall–Kier alpha value is -0.760. The van der Waals surface area contributed by atoms with Gasteiger partial charge in [-0.3, -0.25) is 4.57 Å². The smallest absolute Gasteiger partial charge is 0.746 e. The number of rotatable bonds is 5. The average molecular weight is 428 g/mol. The molecule has 2 unspecified atom stereocenters. The molecule has 6 nitrogen and oxygen atoms in total. The van der Waals surface area contributed by atoms with Gasteiger partial charge in [-0.05, 0) is 36.3 Å². The Labute approximate surface area is 190 Å². The normalized spacial score (nSPS) is 19.9. The van der Waals surface area contributed by atoms with Gasteiger partial charge >= 0.3 is 37.4 Å². The monoisotopic (exact) mass is 428 g/mol. The zero-order chi connectivity index (χ0) is 18.9. The van der Waals surface area contributed by atoms with Crippen molar-refractivity contribution in [3.05, 3.63) is 53.6 Å². The Morgan fingerprint density at radius 1 is 1.21 bits per heavy atom. The average Bonchev–Trinajstić information content (AvgIpc) is 3.09. The summed E-state index contributed by atoms with van der Waals surface area (Å²) >= 11 is 1.51. The first-order chi connectivity index (χ1) is 13.1. The molecule has 0 spiro atoms. The van der Waals surface area contributed by atoms with Crippen molar-refractivity contribution in [2.45, 2.75) is 22.3 Å². The van der Waals surface area contributed by atoms with Crippen LogP contribution in [0, 0.1) is 0 Å². The summed E-state index contributed by atoms with van der Waals surface area (Å²) in [6.07, 6.45) is 1.73. The molecular formula is C19H18NaO6PS. The molecule has 0 aromatic heterocycles. The molecule has 0 radical (unpaired) electrons. The van der Waals surface area contributed by atoms with Crippen LogP contribution in [0.25, 0.3) is 11.8 Å². The maximum Gasteiger partial charge on any atom is 1.00 e. The minimum atomic E-state index is -4.57. The molecule has 2 atom stereocenters. The van der Waals surface area contributed by atoms with E-state index in [4.69, 9.17) is 18.5 Å². The van der Waals surface area contributed by atoms with E-state index in [0.717, 1.165) is 15.4 Å². The van der Waals surface area contributed by atoms with Gasteiger partial charge in [-0.1, -0.05) is 36.0 Å². The molecule has 142 valence electrons. The molecule has 0 saturated carbocycles. The zero-order valence-corrected chi connectivity index (χ0v) is 19.3. The quantitative estimate of drug-likeness (QED) is 0.519. The summed E-state index contributed by atoms with van der Waals surface area (Å²) in [5.41, 5.74) is 1.50. The Kier molecular flexibility index (Phi) is 7.34. The number of methoxy groups -OCH3 is 1. The Balaban J connectivity index is 0.00000225. The Bertz CT molecular complexity index is 928. The SMILES string of the molecule is COc1cccc2c1Sc1ccccc1C=C2OP(=O)([O-])OC1CCOC1.[Na+]. The molecule has 2 aliphatic heterocycles. The first kappa shape index (κ1) is 21.9. The Morgan fingerprint density at radius 2 is 2.04 bits per heavy atom. The van der Waals surface area contributed by atoms with E-state index in [1.807, 2.05) is 30.3 Å². The van der Waals surface area contributed by atoms with Gasteiger partial charge < -0.3 is 23.4 Å². The third-order valence-corrected chi connectivity index (χ3v) is 6.45. The summed E-state index contributed by atoms with van der Waals surface area (Å²) in [5.74, 6) is 0.855. The summed E-state index contributed by atoms with van der Waals surface area (Å²) < 4.78 is 33.7. The molecule has 28 heavy (non-hydrogen) atoms. The molecule has 4 rings (SSSR count). The van der Waals surface area contributed by atoms with E-state index in [-0.39, 0.29) is 41.9 Å². The van der Waals surface area contributed by atoms with Crippen LogP contribution < -0.4 is 39.2 Å². The largest absolute Gasteiger partial charge is 1.00 e. The van der Waals surface area contributed by atoms with Crippen molar-refractivity contribution < 1.29 is 57.5 Å². The van der Waals surface area contributed by atoms with Gasteiger partial charge in [0.1, 0.15) is 11.5 Å². The van der Waals surface area contributed by atoms with Crippen LogP contribution in [0.15, 0.2) is 52.3 Å². The fourth-order valence-corrected chi connectivity index (χ4v) is 5.10. The van der Waals surface area contributed by atoms with Gasteiger partial charge in [-0.2, -0.15) is 0 Å². The van der Waals surface area contributed by atoms with E-state index < -0.39 is 13.9 Å². The van der Waals surface area contributed by atoms with Crippen LogP contribution in [0.3, 0.4) is 0 Å². The molecule has 2 heterocycles. The van der Waals surface area contributed by atoms with Crippen LogP contribution in [0.5, 0.6) is 5.75 Å². The summed E-state index contributed by atoms with van der Waals surface area (Å²) in [6.45, 7) is 0.731. The molecule has 2 aromatic carbocycles. The van der Waals surface area contributed by atoms with Gasteiger partial charge in [0, 0.05) is 17.1 Å². The zero-order valence-electron chi connectivity index (χ0n) is 15.6. The van der Waals surface area contributed by atoms with Crippen LogP contribution in [-0.2, 0) is 18.3 Å². The van der Waals surface area contributed by atoms with Crippen LogP contribution >= 0.6 is 19.6 Å². The van der Waals surface area contributed by atoms with E-state index in [1.165, 1.54) is 11.8 Å². The number of hydrogen-bond donors (Lipinski definition) is 0. The fraction of sp³-hybridized carbons (Fsp3) is 0.263. The van der Waals surface area contributed by atoms with Gasteiger partial charge in [-0.25, -0.2) is 0 Å². The second-order valence-electron chi connectivity index (χ2n) is 6.11. The minimum Gasteiger partial charge on any atom is -0.746 e. The van der Waals surface area contributed by atoms with Crippen molar-refractivity contribution in [1.82, 2.24) is 0 Å². The topological polar surface area (TPSA) is 77.1 Å². The molecule has 0 aliphatic carbocycles. The predicted molar refractivity (Wildman–Crippen MR) is 100 cm³/mol. The second kappa shape index (κ2) is 9.37. The van der Waals surface area contributed by atoms with Crippen LogP contribution in [-0.4, -0.2) is 26.4 Å². The van der Waals surface area contributed by atoms with E-state index in [2.05, 4.69) is 0 Å². The minimum absolute atomic E-state index is 0. The first-order valence-corrected chi connectivity index (χ1v) is 10.8. The van der Waals surface area contributed by atoms with Crippen LogP contribution in [0.4, 0.5) is 0 Å². The molecular weight excluding hydrogens is 410 g/mol. The van der Waals surface area contributed by atoms with Gasteiger partial charge in [-0.15, -0.1) is 0 Å². The van der Waals surface area contributed by atoms with Crippen molar-refractivity contribution in [3.8, 4) is 5.75 Å². The van der Waals surface area contributed by atoms with E-state index >= 15 is 0 Å². The number of hydrogen-bond acceptors (Lipinski definition) is 7. The third-order valence-electron chi connectivity index (χ3n) is 4.26. The number of ether oxygens (including phenoxy) is 2. The second-order valence-corrected chi connectivity index (χ2v) is 8.45. The molecule has 9 heteroatoms. The first-order valence-electron chi connectivity index (χ1n) is 8.48. The molecule has 2 aliphatic rings. The van der Waals surface area contributed by atoms with Crippen molar-refractivity contribution in [3.63, 3.8) is 0 Å². The summed E-state index contributed by atoms with van der Waals surface area (Å²) in [7, 11) is -2.99. The van der Waals surface area contributed by atoms with Gasteiger partial charge in [0.05, 0.1) is 24.7 Å². The van der Waals surface area contributed by atoms with E-state index in [9.17, 15) is 9.46 Å². The van der Waals surface area contributed by atoms with Crippen molar-refractivity contribution in [2.24, 2.45) is 0 Å². The van der Waals surface area contributed by atoms with Crippen molar-refractivity contribution in [1.29, 1.82) is 0 Å². The summed E-state index contributed by atoms with van der Waals surface area (Å²) in [5, 5.41) is 0. The van der Waals surface area contributed by atoms with E-state index in [1.54, 1.807) is 25.3 Å². The van der Waals surface area contributed by atoms with Gasteiger partial charge in [0.25, 0.3) is 0 Å². The molecule has 0 bridgehead atoms. The third kappa shape index (κ3) is 4.86. The maximum absolute atomic E-state index is 12.5. The van der Waals surface area contributed by atoms with Crippen molar-refractivity contribution in [2.75, 3.05) is 20.3 Å². The molecule has 1 fully saturated rings. The summed E-state index contributed by atoms with van der Waals surface area (Å²) in [4.78, 5) is 14.3. The number of fused-ring (bicyclic) bond motifs is 2.